The normalized spacial score (nSPS) is 12.0. The van der Waals surface area contributed by atoms with Gasteiger partial charge in [-0.1, -0.05) is 0 Å². The molecular weight excluding hydrogens is 462 g/mol. The van der Waals surface area contributed by atoms with E-state index < -0.39 is 12.0 Å². The zero-order valence-corrected chi connectivity index (χ0v) is 19.7. The zero-order chi connectivity index (χ0) is 24.9. The standard InChI is InChI=1S/C22H27N5O6S/c1-3-27-19(29)18(34-20(27)17(13-23)21(30)33-4-2)14-25-15-5-7-16(8-6-15)26-22(31)24-9-11-32-12-10-28/h5-8,14,25,28H,3-4,9-12H2,1-2H3,(H2,24,26,31). The number of hydrogen-bond donors (Lipinski definition) is 4. The SMILES string of the molecule is CCOC(=O)C(C#N)=c1sc(=CNc2ccc(NC(=O)NCCOCCO)cc2)c(=O)n1CC. The average Bonchev–Trinajstić information content (AvgIpc) is 3.14. The van der Waals surface area contributed by atoms with Gasteiger partial charge in [-0.2, -0.15) is 5.26 Å². The molecule has 0 unspecified atom stereocenters. The molecule has 182 valence electrons. The number of anilines is 2. The third-order valence-electron chi connectivity index (χ3n) is 4.31. The molecule has 0 aliphatic heterocycles. The number of aromatic nitrogens is 1. The van der Waals surface area contributed by atoms with Gasteiger partial charge < -0.3 is 30.5 Å². The highest BCUT2D eigenvalue weighted by Crippen LogP contribution is 2.13. The van der Waals surface area contributed by atoms with Crippen LogP contribution in [0, 0.1) is 11.3 Å². The van der Waals surface area contributed by atoms with Crippen molar-refractivity contribution >= 4 is 46.5 Å². The second kappa shape index (κ2) is 13.8. The number of thiazole rings is 1. The number of aliphatic hydroxyl groups excluding tert-OH is 1. The molecule has 0 bridgehead atoms. The Hall–Kier alpha value is -3.66. The highest BCUT2D eigenvalue weighted by Gasteiger charge is 2.16. The fourth-order valence-corrected chi connectivity index (χ4v) is 3.83. The number of urea groups is 1. The maximum Gasteiger partial charge on any atom is 0.351 e. The lowest BCUT2D eigenvalue weighted by molar-refractivity contribution is -0.136. The van der Waals surface area contributed by atoms with Crippen LogP contribution < -0.4 is 30.7 Å². The molecule has 0 saturated heterocycles. The Kier molecular flexibility index (Phi) is 10.8. The Bertz CT molecular complexity index is 1200. The summed E-state index contributed by atoms with van der Waals surface area (Å²) in [5, 5.41) is 26.3. The Morgan fingerprint density at radius 1 is 1.21 bits per heavy atom. The summed E-state index contributed by atoms with van der Waals surface area (Å²) in [6, 6.07) is 8.25. The van der Waals surface area contributed by atoms with E-state index in [0.29, 0.717) is 35.6 Å². The highest BCUT2D eigenvalue weighted by atomic mass is 32.1. The quantitative estimate of drug-likeness (QED) is 0.257. The highest BCUT2D eigenvalue weighted by molar-refractivity contribution is 7.07. The third kappa shape index (κ3) is 7.45. The molecule has 11 nitrogen and oxygen atoms in total. The molecule has 1 aromatic heterocycles. The number of ether oxygens (including phenoxy) is 2. The van der Waals surface area contributed by atoms with Crippen molar-refractivity contribution in [2.45, 2.75) is 20.4 Å². The van der Waals surface area contributed by atoms with E-state index in [1.165, 1.54) is 10.8 Å². The molecule has 0 spiro atoms. The molecule has 2 aromatic rings. The minimum Gasteiger partial charge on any atom is -0.462 e. The van der Waals surface area contributed by atoms with E-state index in [4.69, 9.17) is 14.6 Å². The third-order valence-corrected chi connectivity index (χ3v) is 5.44. The van der Waals surface area contributed by atoms with Crippen molar-refractivity contribution in [2.24, 2.45) is 0 Å². The summed E-state index contributed by atoms with van der Waals surface area (Å²) in [6.07, 6.45) is 1.50. The van der Waals surface area contributed by atoms with Crippen LogP contribution in [0.25, 0.3) is 11.8 Å². The van der Waals surface area contributed by atoms with Crippen LogP contribution in [0.2, 0.25) is 0 Å². The second-order valence-corrected chi connectivity index (χ2v) is 7.64. The van der Waals surface area contributed by atoms with Crippen LogP contribution in [0.5, 0.6) is 0 Å². The topological polar surface area (TPSA) is 155 Å². The van der Waals surface area contributed by atoms with Gasteiger partial charge in [-0.3, -0.25) is 9.36 Å². The number of nitrogens with zero attached hydrogens (tertiary/aromatic N) is 2. The number of hydrogen-bond acceptors (Lipinski definition) is 9. The fourth-order valence-electron chi connectivity index (χ4n) is 2.75. The van der Waals surface area contributed by atoms with E-state index >= 15 is 0 Å². The van der Waals surface area contributed by atoms with Gasteiger partial charge in [-0.15, -0.1) is 11.3 Å². The molecule has 2 rings (SSSR count). The van der Waals surface area contributed by atoms with Crippen molar-refractivity contribution in [3.05, 3.63) is 43.8 Å². The molecule has 1 heterocycles. The minimum absolute atomic E-state index is 0.0701. The first-order valence-corrected chi connectivity index (χ1v) is 11.4. The van der Waals surface area contributed by atoms with Crippen LogP contribution in [0.3, 0.4) is 0 Å². The van der Waals surface area contributed by atoms with E-state index in [9.17, 15) is 19.6 Å². The van der Waals surface area contributed by atoms with Crippen molar-refractivity contribution < 1.29 is 24.2 Å². The van der Waals surface area contributed by atoms with Gasteiger partial charge in [0.25, 0.3) is 5.56 Å². The minimum atomic E-state index is -0.766. The van der Waals surface area contributed by atoms with E-state index in [1.807, 2.05) is 6.07 Å². The number of nitrogens with one attached hydrogen (secondary N) is 3. The number of benzene rings is 1. The monoisotopic (exact) mass is 489 g/mol. The smallest absolute Gasteiger partial charge is 0.351 e. The molecule has 0 saturated carbocycles. The van der Waals surface area contributed by atoms with Crippen molar-refractivity contribution in [1.82, 2.24) is 9.88 Å². The maximum atomic E-state index is 12.7. The molecular formula is C22H27N5O6S. The first-order chi connectivity index (χ1) is 16.4. The molecule has 0 radical (unpaired) electrons. The van der Waals surface area contributed by atoms with E-state index in [-0.39, 0.29) is 35.6 Å². The summed E-state index contributed by atoms with van der Waals surface area (Å²) >= 11 is 1.02. The molecule has 0 fully saturated rings. The van der Waals surface area contributed by atoms with Crippen molar-refractivity contribution in [1.29, 1.82) is 5.26 Å². The summed E-state index contributed by atoms with van der Waals surface area (Å²) in [7, 11) is 0. The lowest BCUT2D eigenvalue weighted by Crippen LogP contribution is -2.32. The molecule has 0 atom stereocenters. The lowest BCUT2D eigenvalue weighted by atomic mass is 10.3. The molecule has 0 aliphatic carbocycles. The van der Waals surface area contributed by atoms with E-state index in [2.05, 4.69) is 16.0 Å². The molecule has 0 aliphatic rings. The van der Waals surface area contributed by atoms with Gasteiger partial charge in [-0.25, -0.2) is 9.59 Å². The van der Waals surface area contributed by atoms with Gasteiger partial charge in [0.05, 0.1) is 26.4 Å². The molecule has 4 N–H and O–H groups in total. The Morgan fingerprint density at radius 2 is 1.91 bits per heavy atom. The number of esters is 1. The predicted octanol–water partition coefficient (Wildman–Crippen LogP) is 0.148. The van der Waals surface area contributed by atoms with Crippen molar-refractivity contribution in [3.8, 4) is 6.07 Å². The van der Waals surface area contributed by atoms with Crippen LogP contribution in [-0.4, -0.2) is 54.6 Å². The van der Waals surface area contributed by atoms with Crippen LogP contribution in [0.4, 0.5) is 16.2 Å². The fraction of sp³-hybridized carbons (Fsp3) is 0.364. The molecule has 34 heavy (non-hydrogen) atoms. The van der Waals surface area contributed by atoms with Crippen molar-refractivity contribution in [3.63, 3.8) is 0 Å². The van der Waals surface area contributed by atoms with Gasteiger partial charge in [0.2, 0.25) is 0 Å². The maximum absolute atomic E-state index is 12.7. The van der Waals surface area contributed by atoms with Crippen LogP contribution in [-0.2, 0) is 20.8 Å². The first-order valence-electron chi connectivity index (χ1n) is 10.6. The number of carbonyl (C=O) groups is 2. The summed E-state index contributed by atoms with van der Waals surface area (Å²) in [6.45, 7) is 4.55. The summed E-state index contributed by atoms with van der Waals surface area (Å²) in [5.41, 5.74) is 0.688. The van der Waals surface area contributed by atoms with Gasteiger partial charge in [0, 0.05) is 30.7 Å². The van der Waals surface area contributed by atoms with Gasteiger partial charge in [0.15, 0.2) is 5.57 Å². The predicted molar refractivity (Wildman–Crippen MR) is 129 cm³/mol. The lowest BCUT2D eigenvalue weighted by Gasteiger charge is -2.08. The van der Waals surface area contributed by atoms with Crippen LogP contribution in [0.1, 0.15) is 13.8 Å². The molecule has 2 amide bonds. The van der Waals surface area contributed by atoms with Gasteiger partial charge in [-0.05, 0) is 38.1 Å². The summed E-state index contributed by atoms with van der Waals surface area (Å²) in [5.74, 6) is -0.766. The number of rotatable bonds is 11. The first kappa shape index (κ1) is 26.6. The van der Waals surface area contributed by atoms with E-state index in [1.54, 1.807) is 38.1 Å². The largest absolute Gasteiger partial charge is 0.462 e. The Morgan fingerprint density at radius 3 is 2.53 bits per heavy atom. The number of carbonyl (C=O) groups excluding carboxylic acids is 2. The Balaban J connectivity index is 2.12. The van der Waals surface area contributed by atoms with Crippen LogP contribution in [0.15, 0.2) is 29.1 Å². The van der Waals surface area contributed by atoms with Crippen molar-refractivity contribution in [2.75, 3.05) is 43.6 Å². The Labute approximate surface area is 199 Å². The van der Waals surface area contributed by atoms with Crippen LogP contribution >= 0.6 is 11.3 Å². The van der Waals surface area contributed by atoms with Gasteiger partial charge >= 0.3 is 12.0 Å². The molecule has 1 aromatic carbocycles. The number of nitriles is 1. The van der Waals surface area contributed by atoms with E-state index in [0.717, 1.165) is 11.3 Å². The number of amides is 2. The molecule has 12 heteroatoms. The zero-order valence-electron chi connectivity index (χ0n) is 18.9. The van der Waals surface area contributed by atoms with Gasteiger partial charge in [0.1, 0.15) is 15.3 Å². The number of aliphatic hydroxyl groups is 1. The average molecular weight is 490 g/mol. The summed E-state index contributed by atoms with van der Waals surface area (Å²) in [4.78, 5) is 36.7. The second-order valence-electron chi connectivity index (χ2n) is 6.61. The summed E-state index contributed by atoms with van der Waals surface area (Å²) < 4.78 is 11.9.